The molecule has 4 rings (SSSR count). The van der Waals surface area contributed by atoms with Crippen molar-refractivity contribution in [3.05, 3.63) is 65.2 Å². The lowest BCUT2D eigenvalue weighted by Crippen LogP contribution is -2.64. The highest BCUT2D eigenvalue weighted by Gasteiger charge is 2.56. The SMILES string of the molecule is CC(CN1CC[C@@]2(C)c3cccc(O)c3C[C@@H]1C2(C)C)OCc1ccccc1. The van der Waals surface area contributed by atoms with Crippen molar-refractivity contribution in [3.8, 4) is 5.75 Å². The highest BCUT2D eigenvalue weighted by atomic mass is 16.5. The molecular weight excluding hydrogens is 346 g/mol. The molecule has 3 heteroatoms. The van der Waals surface area contributed by atoms with E-state index in [4.69, 9.17) is 4.74 Å². The van der Waals surface area contributed by atoms with E-state index in [-0.39, 0.29) is 16.9 Å². The summed E-state index contributed by atoms with van der Waals surface area (Å²) in [6.07, 6.45) is 2.19. The van der Waals surface area contributed by atoms with Crippen molar-refractivity contribution in [2.45, 2.75) is 64.7 Å². The minimum Gasteiger partial charge on any atom is -0.508 e. The summed E-state index contributed by atoms with van der Waals surface area (Å²) < 4.78 is 6.16. The van der Waals surface area contributed by atoms with Crippen molar-refractivity contribution in [1.82, 2.24) is 4.90 Å². The second-order valence-corrected chi connectivity index (χ2v) is 9.43. The van der Waals surface area contributed by atoms with Gasteiger partial charge in [0.2, 0.25) is 0 Å². The van der Waals surface area contributed by atoms with Gasteiger partial charge in [-0.1, -0.05) is 63.2 Å². The molecule has 1 unspecified atom stereocenters. The maximum atomic E-state index is 10.5. The molecule has 3 nitrogen and oxygen atoms in total. The molecule has 1 aliphatic carbocycles. The van der Waals surface area contributed by atoms with E-state index >= 15 is 0 Å². The van der Waals surface area contributed by atoms with Crippen LogP contribution in [0.2, 0.25) is 0 Å². The Bertz CT molecular complexity index is 832. The first-order chi connectivity index (χ1) is 13.3. The second kappa shape index (κ2) is 7.20. The summed E-state index contributed by atoms with van der Waals surface area (Å²) in [6, 6.07) is 16.9. The molecule has 3 atom stereocenters. The third kappa shape index (κ3) is 3.15. The molecule has 2 bridgehead atoms. The summed E-state index contributed by atoms with van der Waals surface area (Å²) in [4.78, 5) is 2.60. The van der Waals surface area contributed by atoms with Gasteiger partial charge in [0.15, 0.2) is 0 Å². The summed E-state index contributed by atoms with van der Waals surface area (Å²) in [5.41, 5.74) is 3.95. The van der Waals surface area contributed by atoms with Crippen LogP contribution in [0.5, 0.6) is 5.75 Å². The highest BCUT2D eigenvalue weighted by molar-refractivity contribution is 5.48. The van der Waals surface area contributed by atoms with Gasteiger partial charge in [0, 0.05) is 18.0 Å². The third-order valence-electron chi connectivity index (χ3n) is 7.61. The number of aromatic hydroxyl groups is 1. The largest absolute Gasteiger partial charge is 0.508 e. The lowest BCUT2D eigenvalue weighted by atomic mass is 9.51. The molecule has 2 aromatic carbocycles. The topological polar surface area (TPSA) is 32.7 Å². The van der Waals surface area contributed by atoms with E-state index < -0.39 is 0 Å². The Labute approximate surface area is 169 Å². The Morgan fingerprint density at radius 3 is 2.61 bits per heavy atom. The van der Waals surface area contributed by atoms with Gasteiger partial charge >= 0.3 is 0 Å². The Morgan fingerprint density at radius 2 is 1.86 bits per heavy atom. The number of hydrogen-bond acceptors (Lipinski definition) is 3. The maximum absolute atomic E-state index is 10.5. The monoisotopic (exact) mass is 379 g/mol. The van der Waals surface area contributed by atoms with Crippen molar-refractivity contribution in [2.24, 2.45) is 5.41 Å². The van der Waals surface area contributed by atoms with Crippen LogP contribution in [0.25, 0.3) is 0 Å². The fourth-order valence-corrected chi connectivity index (χ4v) is 5.45. The minimum absolute atomic E-state index is 0.0919. The van der Waals surface area contributed by atoms with Gasteiger partial charge in [-0.3, -0.25) is 4.90 Å². The number of nitrogens with zero attached hydrogens (tertiary/aromatic N) is 1. The predicted octanol–water partition coefficient (Wildman–Crippen LogP) is 4.91. The van der Waals surface area contributed by atoms with Crippen LogP contribution in [0.4, 0.5) is 0 Å². The lowest BCUT2D eigenvalue weighted by molar-refractivity contribution is -0.0651. The number of ether oxygens (including phenoxy) is 1. The summed E-state index contributed by atoms with van der Waals surface area (Å²) in [5.74, 6) is 0.458. The van der Waals surface area contributed by atoms with Gasteiger partial charge in [-0.2, -0.15) is 0 Å². The Kier molecular flexibility index (Phi) is 5.01. The average Bonchev–Trinajstić information content (AvgIpc) is 2.67. The van der Waals surface area contributed by atoms with Crippen LogP contribution in [0.3, 0.4) is 0 Å². The number of phenolic OH excluding ortho intramolecular Hbond substituents is 1. The van der Waals surface area contributed by atoms with Gasteiger partial charge in [0.05, 0.1) is 12.7 Å². The Balaban J connectivity index is 1.51. The van der Waals surface area contributed by atoms with Crippen LogP contribution >= 0.6 is 0 Å². The van der Waals surface area contributed by atoms with Crippen LogP contribution < -0.4 is 0 Å². The van der Waals surface area contributed by atoms with E-state index in [9.17, 15) is 5.11 Å². The van der Waals surface area contributed by atoms with E-state index in [0.29, 0.717) is 18.4 Å². The van der Waals surface area contributed by atoms with E-state index in [1.54, 1.807) is 0 Å². The van der Waals surface area contributed by atoms with E-state index in [0.717, 1.165) is 31.5 Å². The van der Waals surface area contributed by atoms with Crippen LogP contribution in [0, 0.1) is 5.41 Å². The molecule has 150 valence electrons. The number of fused-ring (bicyclic) bond motifs is 4. The summed E-state index contributed by atoms with van der Waals surface area (Å²) in [7, 11) is 0. The van der Waals surface area contributed by atoms with Gasteiger partial charge in [0.1, 0.15) is 5.75 Å². The van der Waals surface area contributed by atoms with Gasteiger partial charge < -0.3 is 9.84 Å². The number of rotatable bonds is 5. The quantitative estimate of drug-likeness (QED) is 0.801. The molecule has 0 saturated carbocycles. The summed E-state index contributed by atoms with van der Waals surface area (Å²) >= 11 is 0. The van der Waals surface area contributed by atoms with Crippen LogP contribution in [0.15, 0.2) is 48.5 Å². The zero-order valence-corrected chi connectivity index (χ0v) is 17.6. The van der Waals surface area contributed by atoms with E-state index in [1.807, 2.05) is 18.2 Å². The normalized spacial score (nSPS) is 27.2. The second-order valence-electron chi connectivity index (χ2n) is 9.43. The summed E-state index contributed by atoms with van der Waals surface area (Å²) in [6.45, 7) is 12.1. The Hall–Kier alpha value is -1.84. The molecule has 1 saturated heterocycles. The van der Waals surface area contributed by atoms with Crippen molar-refractivity contribution >= 4 is 0 Å². The summed E-state index contributed by atoms with van der Waals surface area (Å²) in [5, 5.41) is 10.5. The first-order valence-corrected chi connectivity index (χ1v) is 10.5. The first-order valence-electron chi connectivity index (χ1n) is 10.5. The smallest absolute Gasteiger partial charge is 0.119 e. The molecule has 1 fully saturated rings. The standard InChI is InChI=1S/C25H33NO2/c1-18(28-17-19-9-6-5-7-10-19)16-26-14-13-25(4)21-11-8-12-22(27)20(21)15-23(26)24(25,2)3/h5-12,18,23,27H,13-17H2,1-4H3/t18?,23-,25+/m1/s1. The molecule has 0 radical (unpaired) electrons. The fourth-order valence-electron chi connectivity index (χ4n) is 5.45. The highest BCUT2D eigenvalue weighted by Crippen LogP contribution is 2.57. The predicted molar refractivity (Wildman–Crippen MR) is 114 cm³/mol. The zero-order valence-electron chi connectivity index (χ0n) is 17.6. The third-order valence-corrected chi connectivity index (χ3v) is 7.61. The molecule has 28 heavy (non-hydrogen) atoms. The number of hydrogen-bond donors (Lipinski definition) is 1. The van der Waals surface area contributed by atoms with Gasteiger partial charge in [-0.05, 0) is 54.5 Å². The maximum Gasteiger partial charge on any atom is 0.119 e. The number of phenols is 1. The molecule has 2 aliphatic rings. The molecule has 0 aromatic heterocycles. The molecule has 1 heterocycles. The van der Waals surface area contributed by atoms with Gasteiger partial charge in [-0.15, -0.1) is 0 Å². The minimum atomic E-state index is 0.0919. The van der Waals surface area contributed by atoms with Gasteiger partial charge in [0.25, 0.3) is 0 Å². The van der Waals surface area contributed by atoms with Crippen molar-refractivity contribution in [2.75, 3.05) is 13.1 Å². The number of likely N-dealkylation sites (tertiary alicyclic amines) is 1. The molecule has 1 aliphatic heterocycles. The number of piperidine rings is 1. The van der Waals surface area contributed by atoms with Crippen molar-refractivity contribution in [3.63, 3.8) is 0 Å². The Morgan fingerprint density at radius 1 is 1.11 bits per heavy atom. The molecule has 1 N–H and O–H groups in total. The fraction of sp³-hybridized carbons (Fsp3) is 0.520. The van der Waals surface area contributed by atoms with Crippen LogP contribution in [-0.4, -0.2) is 35.2 Å². The van der Waals surface area contributed by atoms with E-state index in [1.165, 1.54) is 11.1 Å². The van der Waals surface area contributed by atoms with E-state index in [2.05, 4.69) is 62.9 Å². The van der Waals surface area contributed by atoms with Crippen LogP contribution in [0.1, 0.15) is 50.8 Å². The zero-order chi connectivity index (χ0) is 19.9. The van der Waals surface area contributed by atoms with Crippen molar-refractivity contribution in [1.29, 1.82) is 0 Å². The molecular formula is C25H33NO2. The van der Waals surface area contributed by atoms with Gasteiger partial charge in [-0.25, -0.2) is 0 Å². The molecule has 2 aromatic rings. The molecule has 0 spiro atoms. The number of benzene rings is 2. The first kappa shape index (κ1) is 19.5. The molecule has 0 amide bonds. The lowest BCUT2D eigenvalue weighted by Gasteiger charge is -2.61. The van der Waals surface area contributed by atoms with Crippen molar-refractivity contribution < 1.29 is 9.84 Å². The average molecular weight is 380 g/mol. The van der Waals surface area contributed by atoms with Crippen LogP contribution in [-0.2, 0) is 23.2 Å².